The average molecular weight is 235 g/mol. The van der Waals surface area contributed by atoms with Crippen LogP contribution < -0.4 is 10.6 Å². The van der Waals surface area contributed by atoms with E-state index in [1.54, 1.807) is 0 Å². The quantitative estimate of drug-likeness (QED) is 0.731. The third-order valence-corrected chi connectivity index (χ3v) is 2.42. The maximum atomic E-state index is 11.4. The van der Waals surface area contributed by atoms with Gasteiger partial charge in [-0.25, -0.2) is 9.90 Å². The van der Waals surface area contributed by atoms with E-state index in [0.29, 0.717) is 13.0 Å². The van der Waals surface area contributed by atoms with Gasteiger partial charge in [-0.1, -0.05) is 25.5 Å². The van der Waals surface area contributed by atoms with Gasteiger partial charge in [-0.3, -0.25) is 0 Å². The Bertz CT molecular complexity index is 336. The van der Waals surface area contributed by atoms with E-state index in [2.05, 4.69) is 17.6 Å². The van der Waals surface area contributed by atoms with E-state index >= 15 is 0 Å². The lowest BCUT2D eigenvalue weighted by Crippen LogP contribution is -2.29. The van der Waals surface area contributed by atoms with Crippen molar-refractivity contribution < 1.29 is 9.90 Å². The highest BCUT2D eigenvalue weighted by Crippen LogP contribution is 2.09. The molecule has 17 heavy (non-hydrogen) atoms. The van der Waals surface area contributed by atoms with Crippen molar-refractivity contribution in [2.75, 3.05) is 18.5 Å². The number of carbonyl (C=O) groups is 1. The normalized spacial score (nSPS) is 10.0. The fourth-order valence-electron chi connectivity index (χ4n) is 1.43. The number of hydrogen-bond donors (Lipinski definition) is 2. The van der Waals surface area contributed by atoms with Gasteiger partial charge in [0.25, 0.3) is 0 Å². The number of amides is 2. The minimum absolute atomic E-state index is 0.107. The number of unbranched alkanes of at least 4 members (excludes halogenated alkanes) is 1. The molecule has 0 bridgehead atoms. The van der Waals surface area contributed by atoms with Gasteiger partial charge in [0.1, 0.15) is 0 Å². The molecule has 1 aromatic rings. The van der Waals surface area contributed by atoms with E-state index in [1.165, 1.54) is 0 Å². The smallest absolute Gasteiger partial charge is 0.319 e. The van der Waals surface area contributed by atoms with Crippen LogP contribution in [0.15, 0.2) is 24.3 Å². The lowest BCUT2D eigenvalue weighted by molar-refractivity contribution is 0.197. The van der Waals surface area contributed by atoms with Crippen LogP contribution in [-0.4, -0.2) is 19.2 Å². The third kappa shape index (κ3) is 5.36. The molecule has 0 spiro atoms. The molecule has 0 atom stereocenters. The fraction of sp³-hybridized carbons (Fsp3) is 0.462. The second kappa shape index (κ2) is 7.68. The van der Waals surface area contributed by atoms with Gasteiger partial charge in [0.05, 0.1) is 6.61 Å². The van der Waals surface area contributed by atoms with Crippen molar-refractivity contribution >= 4 is 11.7 Å². The Balaban J connectivity index is 2.37. The van der Waals surface area contributed by atoms with Crippen LogP contribution >= 0.6 is 0 Å². The summed E-state index contributed by atoms with van der Waals surface area (Å²) in [7, 11) is 0. The number of hydrogen-bond acceptors (Lipinski definition) is 1. The van der Waals surface area contributed by atoms with E-state index in [4.69, 9.17) is 0 Å². The fourth-order valence-corrected chi connectivity index (χ4v) is 1.43. The van der Waals surface area contributed by atoms with Crippen molar-refractivity contribution in [3.05, 3.63) is 29.8 Å². The summed E-state index contributed by atoms with van der Waals surface area (Å²) in [5.74, 6) is 0. The van der Waals surface area contributed by atoms with Gasteiger partial charge < -0.3 is 10.6 Å². The second-order valence-electron chi connectivity index (χ2n) is 3.89. The van der Waals surface area contributed by atoms with Gasteiger partial charge in [-0.05, 0) is 30.5 Å². The van der Waals surface area contributed by atoms with Gasteiger partial charge in [-0.15, -0.1) is 0 Å². The maximum absolute atomic E-state index is 11.4. The first-order valence-electron chi connectivity index (χ1n) is 5.98. The summed E-state index contributed by atoms with van der Waals surface area (Å²) in [6, 6.07) is 7.16. The molecule has 93 valence electrons. The molecule has 0 fully saturated rings. The third-order valence-electron chi connectivity index (χ3n) is 2.42. The molecule has 1 radical (unpaired) electrons. The molecule has 4 heteroatoms. The van der Waals surface area contributed by atoms with E-state index in [0.717, 1.165) is 24.1 Å². The predicted octanol–water partition coefficient (Wildman–Crippen LogP) is 2.58. The summed E-state index contributed by atoms with van der Waals surface area (Å²) in [6.45, 7) is 2.66. The van der Waals surface area contributed by atoms with Crippen LogP contribution in [-0.2, 0) is 11.5 Å². The van der Waals surface area contributed by atoms with E-state index in [-0.39, 0.29) is 12.6 Å². The van der Waals surface area contributed by atoms with E-state index < -0.39 is 0 Å². The molecule has 0 aliphatic rings. The van der Waals surface area contributed by atoms with E-state index in [9.17, 15) is 9.90 Å². The van der Waals surface area contributed by atoms with Crippen molar-refractivity contribution in [1.82, 2.24) is 5.32 Å². The Hall–Kier alpha value is -1.55. The zero-order chi connectivity index (χ0) is 12.5. The molecule has 4 nitrogen and oxygen atoms in total. The van der Waals surface area contributed by atoms with Gasteiger partial charge in [-0.2, -0.15) is 0 Å². The standard InChI is InChI=1S/C13H19N2O2/c1-2-3-9-14-13(17)15-12-6-4-11(5-7-12)8-10-16/h4-7H,2-3,8-10H2,1H3,(H2,14,15,17). The molecular weight excluding hydrogens is 216 g/mol. The van der Waals surface area contributed by atoms with Gasteiger partial charge >= 0.3 is 6.03 Å². The zero-order valence-corrected chi connectivity index (χ0v) is 10.2. The van der Waals surface area contributed by atoms with Gasteiger partial charge in [0, 0.05) is 12.2 Å². The Labute approximate surface area is 102 Å². The van der Waals surface area contributed by atoms with Crippen molar-refractivity contribution in [2.45, 2.75) is 26.2 Å². The predicted molar refractivity (Wildman–Crippen MR) is 67.6 cm³/mol. The van der Waals surface area contributed by atoms with Crippen LogP contribution in [0.2, 0.25) is 0 Å². The van der Waals surface area contributed by atoms with E-state index in [1.807, 2.05) is 24.3 Å². The Morgan fingerprint density at radius 1 is 1.24 bits per heavy atom. The Morgan fingerprint density at radius 3 is 2.53 bits per heavy atom. The van der Waals surface area contributed by atoms with Gasteiger partial charge in [0.15, 0.2) is 0 Å². The molecule has 0 saturated carbocycles. The lowest BCUT2D eigenvalue weighted by Gasteiger charge is -2.07. The van der Waals surface area contributed by atoms with Crippen LogP contribution in [0.4, 0.5) is 10.5 Å². The average Bonchev–Trinajstić information content (AvgIpc) is 2.32. The molecule has 0 aromatic heterocycles. The molecule has 0 heterocycles. The molecule has 1 aromatic carbocycles. The largest absolute Gasteiger partial charge is 0.338 e. The second-order valence-corrected chi connectivity index (χ2v) is 3.89. The van der Waals surface area contributed by atoms with Crippen LogP contribution in [0.5, 0.6) is 0 Å². The summed E-state index contributed by atoms with van der Waals surface area (Å²) < 4.78 is 0. The molecule has 0 unspecified atom stereocenters. The molecule has 0 aliphatic heterocycles. The molecule has 0 aliphatic carbocycles. The summed E-state index contributed by atoms with van der Waals surface area (Å²) in [6.07, 6.45) is 2.57. The number of rotatable bonds is 6. The molecule has 2 N–H and O–H groups in total. The molecule has 1 rings (SSSR count). The number of carbonyl (C=O) groups excluding carboxylic acids is 1. The monoisotopic (exact) mass is 235 g/mol. The Morgan fingerprint density at radius 2 is 1.94 bits per heavy atom. The van der Waals surface area contributed by atoms with Crippen LogP contribution in [0.25, 0.3) is 0 Å². The van der Waals surface area contributed by atoms with Crippen molar-refractivity contribution in [1.29, 1.82) is 0 Å². The summed E-state index contributed by atoms with van der Waals surface area (Å²) >= 11 is 0. The summed E-state index contributed by atoms with van der Waals surface area (Å²) in [5.41, 5.74) is 1.74. The highest BCUT2D eigenvalue weighted by atomic mass is 16.3. The van der Waals surface area contributed by atoms with Crippen LogP contribution in [0.1, 0.15) is 25.3 Å². The number of benzene rings is 1. The first-order chi connectivity index (χ1) is 8.26. The molecular formula is C13H19N2O2. The zero-order valence-electron chi connectivity index (χ0n) is 10.2. The SMILES string of the molecule is CCCCNC(=O)Nc1ccc(CC[O])cc1. The minimum Gasteiger partial charge on any atom is -0.338 e. The van der Waals surface area contributed by atoms with Crippen LogP contribution in [0.3, 0.4) is 0 Å². The van der Waals surface area contributed by atoms with Gasteiger partial charge in [0.2, 0.25) is 0 Å². The highest BCUT2D eigenvalue weighted by Gasteiger charge is 2.00. The topological polar surface area (TPSA) is 61.0 Å². The lowest BCUT2D eigenvalue weighted by atomic mass is 10.1. The first-order valence-corrected chi connectivity index (χ1v) is 5.98. The number of urea groups is 1. The summed E-state index contributed by atoms with van der Waals surface area (Å²) in [5, 5.41) is 15.9. The van der Waals surface area contributed by atoms with Crippen LogP contribution in [0, 0.1) is 0 Å². The minimum atomic E-state index is -0.185. The first kappa shape index (κ1) is 13.5. The molecule has 0 saturated heterocycles. The van der Waals surface area contributed by atoms with Crippen molar-refractivity contribution in [3.8, 4) is 0 Å². The Kier molecular flexibility index (Phi) is 6.10. The summed E-state index contributed by atoms with van der Waals surface area (Å²) in [4.78, 5) is 11.4. The van der Waals surface area contributed by atoms with Crippen molar-refractivity contribution in [3.63, 3.8) is 0 Å². The molecule has 2 amide bonds. The highest BCUT2D eigenvalue weighted by molar-refractivity contribution is 5.89. The number of anilines is 1. The number of nitrogens with one attached hydrogen (secondary N) is 2. The van der Waals surface area contributed by atoms with Crippen molar-refractivity contribution in [2.24, 2.45) is 0 Å². The maximum Gasteiger partial charge on any atom is 0.319 e.